The fourth-order valence-corrected chi connectivity index (χ4v) is 22.4. The predicted molar refractivity (Wildman–Crippen MR) is 498 cm³/mol. The summed E-state index contributed by atoms with van der Waals surface area (Å²) in [4.78, 5) is 210. The SMILES string of the molecule is CCOC(=O)C(C(CC)CC(C(=O)O)C(C(=O)NCCCN(C)C)C(CC)CC1C(=O)N(CCCN(C)C)C(=O)C1C(CC)CC1C(=O)N(CCCNS(=O)(=O)c2cc(C(=O)c3ccc(C)cc3)c(O)cc2OC)C(=O)C1C(C)(C)CC(C(=O)O)C(C(=O)NCCCNS(=O)(=O)c1cc(C(=O)c2ccc(C)cc2)c(O)cc1OC)C(C)(C)CC)C(CC(CC)C1C(=O)OC(=O)C1C)C(=O)O. The summed E-state index contributed by atoms with van der Waals surface area (Å²) in [7, 11) is 0.292. The lowest BCUT2D eigenvalue weighted by Gasteiger charge is -2.41. The highest BCUT2D eigenvalue weighted by Crippen LogP contribution is 2.53. The number of carboxylic acid groups (broad SMARTS) is 3. The van der Waals surface area contributed by atoms with Crippen LogP contribution in [0.15, 0.2) is 82.6 Å². The number of esters is 3. The van der Waals surface area contributed by atoms with E-state index in [-0.39, 0.29) is 137 Å². The largest absolute Gasteiger partial charge is 0.507 e. The van der Waals surface area contributed by atoms with E-state index in [1.165, 1.54) is 45.2 Å². The van der Waals surface area contributed by atoms with Crippen molar-refractivity contribution in [3.05, 3.63) is 106 Å². The number of hydrogen-bond donors (Lipinski definition) is 9. The van der Waals surface area contributed by atoms with Crippen LogP contribution in [-0.4, -0.2) is 246 Å². The average Bonchev–Trinajstić information content (AvgIpc) is 1.61. The van der Waals surface area contributed by atoms with Crippen molar-refractivity contribution in [1.29, 1.82) is 0 Å². The molecule has 3 aliphatic rings. The number of imide groups is 2. The number of methoxy groups -OCH3 is 2. The van der Waals surface area contributed by atoms with Crippen LogP contribution in [0.3, 0.4) is 0 Å². The molecule has 0 spiro atoms. The molecule has 35 nitrogen and oxygen atoms in total. The summed E-state index contributed by atoms with van der Waals surface area (Å²) in [5, 5.41) is 62.5. The third-order valence-corrected chi connectivity index (χ3v) is 30.6. The van der Waals surface area contributed by atoms with Crippen molar-refractivity contribution in [2.24, 2.45) is 106 Å². The number of ketones is 2. The van der Waals surface area contributed by atoms with Gasteiger partial charge in [0.05, 0.1) is 103 Å². The fourth-order valence-electron chi connectivity index (χ4n) is 19.9. The number of cyclic esters (lactones) is 2. The first-order valence-electron chi connectivity index (χ1n) is 46.6. The molecule has 16 atom stereocenters. The summed E-state index contributed by atoms with van der Waals surface area (Å²) in [6, 6.07) is 16.6. The molecule has 4 aromatic carbocycles. The number of carboxylic acids is 3. The zero-order valence-corrected chi connectivity index (χ0v) is 82.9. The van der Waals surface area contributed by atoms with Crippen LogP contribution >= 0.6 is 0 Å². The molecule has 6 amide bonds. The number of aromatic hydroxyl groups is 2. The minimum absolute atomic E-state index is 0.00380. The normalized spacial score (nSPS) is 19.5. The first kappa shape index (κ1) is 111. The zero-order valence-electron chi connectivity index (χ0n) is 81.3. The van der Waals surface area contributed by atoms with Gasteiger partial charge < -0.3 is 64.9 Å². The topological polar surface area (TPSA) is 506 Å². The quantitative estimate of drug-likeness (QED) is 0.00652. The smallest absolute Gasteiger partial charge is 0.317 e. The van der Waals surface area contributed by atoms with Crippen molar-refractivity contribution >= 4 is 103 Å². The molecule has 0 aliphatic carbocycles. The van der Waals surface area contributed by atoms with Crippen LogP contribution in [0, 0.1) is 119 Å². The molecular formula is C98H140N8O27S2. The first-order valence-corrected chi connectivity index (χ1v) is 49.6. The van der Waals surface area contributed by atoms with Crippen molar-refractivity contribution < 1.29 is 128 Å². The molecule has 7 rings (SSSR count). The van der Waals surface area contributed by atoms with Crippen molar-refractivity contribution in [2.75, 3.05) is 101 Å². The molecule has 3 aliphatic heterocycles. The molecule has 3 fully saturated rings. The highest BCUT2D eigenvalue weighted by Gasteiger charge is 2.60. The number of ether oxygens (including phenoxy) is 4. The van der Waals surface area contributed by atoms with Crippen LogP contribution < -0.4 is 29.6 Å². The Hall–Kier alpha value is -10.6. The van der Waals surface area contributed by atoms with E-state index >= 15 is 28.8 Å². The maximum Gasteiger partial charge on any atom is 0.317 e. The second-order valence-corrected chi connectivity index (χ2v) is 41.5. The molecular weight excluding hydrogens is 1790 g/mol. The summed E-state index contributed by atoms with van der Waals surface area (Å²) in [6.45, 7) is 20.4. The van der Waals surface area contributed by atoms with Gasteiger partial charge in [0.1, 0.15) is 32.8 Å². The Bertz CT molecular complexity index is 5170. The lowest BCUT2D eigenvalue weighted by atomic mass is 9.61. The number of rotatable bonds is 57. The minimum Gasteiger partial charge on any atom is -0.507 e. The van der Waals surface area contributed by atoms with Crippen LogP contribution in [0.1, 0.15) is 209 Å². The average molecular weight is 1930 g/mol. The van der Waals surface area contributed by atoms with Gasteiger partial charge in [-0.1, -0.05) is 161 Å². The van der Waals surface area contributed by atoms with E-state index in [4.69, 9.17) is 18.9 Å². The number of carbonyl (C=O) groups is 14. The number of phenols is 2. The highest BCUT2D eigenvalue weighted by atomic mass is 32.2. The van der Waals surface area contributed by atoms with E-state index in [0.29, 0.717) is 19.5 Å². The summed E-state index contributed by atoms with van der Waals surface area (Å²) in [6.07, 6.45) is -1.60. The number of amides is 6. The van der Waals surface area contributed by atoms with Gasteiger partial charge >= 0.3 is 35.8 Å². The summed E-state index contributed by atoms with van der Waals surface area (Å²) < 4.78 is 83.3. The van der Waals surface area contributed by atoms with Gasteiger partial charge in [0, 0.05) is 62.5 Å². The van der Waals surface area contributed by atoms with E-state index in [1.807, 2.05) is 30.8 Å². The zero-order chi connectivity index (χ0) is 101. The van der Waals surface area contributed by atoms with E-state index in [0.717, 1.165) is 52.3 Å². The third kappa shape index (κ3) is 27.2. The number of phenolic OH excluding ortho intramolecular Hbond substituents is 2. The van der Waals surface area contributed by atoms with E-state index < -0.39 is 256 Å². The molecule has 3 heterocycles. The summed E-state index contributed by atoms with van der Waals surface area (Å²) in [5.41, 5.74) is -1.58. The summed E-state index contributed by atoms with van der Waals surface area (Å²) in [5.74, 6) is -36.7. The number of likely N-dealkylation sites (tertiary alicyclic amines) is 2. The van der Waals surface area contributed by atoms with Gasteiger partial charge in [0.2, 0.25) is 55.5 Å². The van der Waals surface area contributed by atoms with Gasteiger partial charge in [-0.25, -0.2) is 26.3 Å². The maximum absolute atomic E-state index is 16.1. The lowest BCUT2D eigenvalue weighted by molar-refractivity contribution is -0.163. The van der Waals surface area contributed by atoms with Crippen molar-refractivity contribution in [3.63, 3.8) is 0 Å². The van der Waals surface area contributed by atoms with Crippen LogP contribution in [0.5, 0.6) is 23.0 Å². The van der Waals surface area contributed by atoms with Crippen LogP contribution in [0.2, 0.25) is 0 Å². The molecule has 135 heavy (non-hydrogen) atoms. The molecule has 746 valence electrons. The molecule has 0 bridgehead atoms. The van der Waals surface area contributed by atoms with Gasteiger partial charge in [-0.05, 0) is 166 Å². The van der Waals surface area contributed by atoms with E-state index in [2.05, 4.69) is 20.1 Å². The molecule has 0 radical (unpaired) electrons. The molecule has 4 aromatic rings. The molecule has 37 heteroatoms. The van der Waals surface area contributed by atoms with E-state index in [9.17, 15) is 80.7 Å². The summed E-state index contributed by atoms with van der Waals surface area (Å²) >= 11 is 0. The number of carbonyl (C=O) groups excluding carboxylic acids is 11. The number of hydrogen-bond acceptors (Lipinski definition) is 26. The van der Waals surface area contributed by atoms with Crippen molar-refractivity contribution in [1.82, 2.24) is 39.7 Å². The van der Waals surface area contributed by atoms with Gasteiger partial charge in [-0.3, -0.25) is 76.9 Å². The Kier molecular flexibility index (Phi) is 40.4. The first-order chi connectivity index (χ1) is 63.4. The van der Waals surface area contributed by atoms with Gasteiger partial charge in [-0.2, -0.15) is 0 Å². The number of sulfonamides is 2. The van der Waals surface area contributed by atoms with Crippen molar-refractivity contribution in [3.8, 4) is 23.0 Å². The monoisotopic (exact) mass is 1920 g/mol. The standard InChI is InChI=1S/C98H140N8O27S2/c1-20-58(77-57(9)94(123)133-96(77)125)47-68(92(119)120)80(95(124)132-25-6)61(23-4)48-67(91(117)118)78(85(111)99-39-27-42-103(14)15)59(21-2)46-66-79(89(115)105(87(66)113)45-29-43-104(16)17)60(22-3)49-69-82(90(116)106(88(69)114)44-28-41-102-135(128,129)76-51-65(72(108)53-74(76)131-19)84(110)63-36-32-56(8)33-37-63)98(12,13)54-70(93(121)122)81(97(10,11)24-5)86(112)100-38-26-40-101-134(126,127)75-50-64(71(107)52-73(75)130-18)83(109)62-34-30-55(7)31-35-62/h30-37,50-53,57-61,66-70,77-82,101-102,107-108H,20-29,38-49,54H2,1-19H3,(H,99,111)(H,100,112)(H,117,118)(H,119,120)(H,121,122). The molecule has 9 N–H and O–H groups in total. The van der Waals surface area contributed by atoms with Crippen LogP contribution in [0.4, 0.5) is 0 Å². The van der Waals surface area contributed by atoms with Crippen molar-refractivity contribution in [2.45, 2.75) is 190 Å². The van der Waals surface area contributed by atoms with Crippen LogP contribution in [0.25, 0.3) is 0 Å². The molecule has 3 saturated heterocycles. The Morgan fingerprint density at radius 1 is 0.519 bits per heavy atom. The fraction of sp³-hybridized carbons (Fsp3) is 0.612. The lowest BCUT2D eigenvalue weighted by Crippen LogP contribution is -2.48. The Balaban J connectivity index is 1.31. The number of nitrogens with one attached hydrogen (secondary N) is 4. The molecule has 0 saturated carbocycles. The molecule has 0 aromatic heterocycles. The Morgan fingerprint density at radius 2 is 0.978 bits per heavy atom. The van der Waals surface area contributed by atoms with Gasteiger partial charge in [0.25, 0.3) is 0 Å². The number of aliphatic carboxylic acids is 3. The Morgan fingerprint density at radius 3 is 1.43 bits per heavy atom. The van der Waals surface area contributed by atoms with E-state index in [1.54, 1.807) is 108 Å². The van der Waals surface area contributed by atoms with Gasteiger partial charge in [-0.15, -0.1) is 0 Å². The third-order valence-electron chi connectivity index (χ3n) is 27.7. The van der Waals surface area contributed by atoms with Gasteiger partial charge in [0.15, 0.2) is 11.6 Å². The number of nitrogens with zero attached hydrogens (tertiary/aromatic N) is 4. The van der Waals surface area contributed by atoms with Crippen LogP contribution in [-0.2, 0) is 87.1 Å². The highest BCUT2D eigenvalue weighted by molar-refractivity contribution is 7.90. The number of benzene rings is 4. The second kappa shape index (κ2) is 48.9. The number of aryl methyl sites for hydroxylation is 2. The molecule has 16 unspecified atom stereocenters. The Labute approximate surface area is 792 Å². The maximum atomic E-state index is 16.1. The second-order valence-electron chi connectivity index (χ2n) is 38.0. The minimum atomic E-state index is -4.69. The predicted octanol–water partition coefficient (Wildman–Crippen LogP) is 9.94.